The van der Waals surface area contributed by atoms with E-state index in [0.717, 1.165) is 6.20 Å². The molecule has 0 radical (unpaired) electrons. The first-order chi connectivity index (χ1) is 15.3. The number of rotatable bonds is 6. The first-order valence-electron chi connectivity index (χ1n) is 11.0. The van der Waals surface area contributed by atoms with Crippen molar-refractivity contribution in [3.8, 4) is 0 Å². The predicted octanol–water partition coefficient (Wildman–Crippen LogP) is 4.78. The van der Waals surface area contributed by atoms with Crippen LogP contribution in [0.4, 0.5) is 29.3 Å². The quantitative estimate of drug-likeness (QED) is 0.562. The molecule has 1 saturated heterocycles. The maximum absolute atomic E-state index is 14.1. The van der Waals surface area contributed by atoms with E-state index in [1.54, 1.807) is 39.0 Å². The van der Waals surface area contributed by atoms with Crippen molar-refractivity contribution in [1.29, 1.82) is 0 Å². The summed E-state index contributed by atoms with van der Waals surface area (Å²) in [6.45, 7) is 8.16. The van der Waals surface area contributed by atoms with Gasteiger partial charge < -0.3 is 25.0 Å². The van der Waals surface area contributed by atoms with Crippen LogP contribution in [0.1, 0.15) is 46.1 Å². The lowest BCUT2D eigenvalue weighted by Crippen LogP contribution is -2.57. The highest BCUT2D eigenvalue weighted by molar-refractivity contribution is 6.02. The van der Waals surface area contributed by atoms with Crippen LogP contribution in [-0.4, -0.2) is 70.5 Å². The van der Waals surface area contributed by atoms with Crippen molar-refractivity contribution in [2.75, 3.05) is 37.0 Å². The largest absolute Gasteiger partial charge is 0.465 e. The van der Waals surface area contributed by atoms with E-state index in [1.807, 2.05) is 6.92 Å². The molecule has 11 heteroatoms. The molecule has 2 atom stereocenters. The van der Waals surface area contributed by atoms with Crippen molar-refractivity contribution < 1.29 is 27.8 Å². The number of anilines is 2. The standard InChI is InChI=1S/C22H32F3N5O3/c1-13(33-5)9-26-16-11-28-19-17(16)18(15(10-27-19)22(23,24)25)29-8-6-7-14(12-29)30(20(31)32)21(2,3)4/h10-11,13-14,26H,6-9,12H2,1-5H3,(H,27,28)(H,31,32)/t13-,14-/m1/s1. The lowest BCUT2D eigenvalue weighted by atomic mass is 9.96. The van der Waals surface area contributed by atoms with E-state index in [0.29, 0.717) is 42.7 Å². The minimum atomic E-state index is -4.62. The Morgan fingerprint density at radius 3 is 2.70 bits per heavy atom. The predicted molar refractivity (Wildman–Crippen MR) is 121 cm³/mol. The summed E-state index contributed by atoms with van der Waals surface area (Å²) < 4.78 is 47.5. The number of hydrogen-bond donors (Lipinski definition) is 3. The van der Waals surface area contributed by atoms with Crippen LogP contribution in [0.3, 0.4) is 0 Å². The third kappa shape index (κ3) is 5.29. The topological polar surface area (TPSA) is 93.7 Å². The number of alkyl halides is 3. The van der Waals surface area contributed by atoms with Gasteiger partial charge in [-0.05, 0) is 40.5 Å². The van der Waals surface area contributed by atoms with Gasteiger partial charge in [-0.15, -0.1) is 0 Å². The smallest absolute Gasteiger partial charge is 0.419 e. The number of nitrogens with zero attached hydrogens (tertiary/aromatic N) is 3. The van der Waals surface area contributed by atoms with Gasteiger partial charge in [0.05, 0.1) is 34.5 Å². The molecule has 2 aromatic heterocycles. The van der Waals surface area contributed by atoms with E-state index >= 15 is 0 Å². The van der Waals surface area contributed by atoms with E-state index in [1.165, 1.54) is 4.90 Å². The van der Waals surface area contributed by atoms with Crippen molar-refractivity contribution in [3.05, 3.63) is 18.0 Å². The number of hydrogen-bond acceptors (Lipinski definition) is 5. The minimum absolute atomic E-state index is 0.0188. The Morgan fingerprint density at radius 1 is 1.42 bits per heavy atom. The second-order valence-corrected chi connectivity index (χ2v) is 9.44. The Labute approximate surface area is 191 Å². The van der Waals surface area contributed by atoms with Crippen LogP contribution in [0.15, 0.2) is 12.4 Å². The van der Waals surface area contributed by atoms with E-state index in [2.05, 4.69) is 15.3 Å². The highest BCUT2D eigenvalue weighted by atomic mass is 19.4. The van der Waals surface area contributed by atoms with Crippen molar-refractivity contribution >= 4 is 28.5 Å². The molecule has 2 aromatic rings. The number of methoxy groups -OCH3 is 1. The second-order valence-electron chi connectivity index (χ2n) is 9.44. The molecule has 0 aliphatic carbocycles. The van der Waals surface area contributed by atoms with Crippen LogP contribution < -0.4 is 10.2 Å². The molecule has 8 nitrogen and oxygen atoms in total. The number of aromatic amines is 1. The summed E-state index contributed by atoms with van der Waals surface area (Å²) in [6.07, 6.45) is -2.25. The normalized spacial score (nSPS) is 18.4. The third-order valence-electron chi connectivity index (χ3n) is 5.97. The van der Waals surface area contributed by atoms with Crippen LogP contribution in [-0.2, 0) is 10.9 Å². The van der Waals surface area contributed by atoms with Crippen LogP contribution in [0.5, 0.6) is 0 Å². The van der Waals surface area contributed by atoms with Gasteiger partial charge >= 0.3 is 12.3 Å². The summed E-state index contributed by atoms with van der Waals surface area (Å²) in [5.74, 6) is 0. The summed E-state index contributed by atoms with van der Waals surface area (Å²) in [5, 5.41) is 13.3. The number of pyridine rings is 1. The van der Waals surface area contributed by atoms with Crippen molar-refractivity contribution in [2.24, 2.45) is 0 Å². The van der Waals surface area contributed by atoms with Gasteiger partial charge in [0, 0.05) is 44.7 Å². The molecule has 0 unspecified atom stereocenters. The van der Waals surface area contributed by atoms with Gasteiger partial charge in [-0.25, -0.2) is 9.78 Å². The lowest BCUT2D eigenvalue weighted by Gasteiger charge is -2.45. The molecule has 0 bridgehead atoms. The molecule has 1 amide bonds. The first-order valence-corrected chi connectivity index (χ1v) is 11.0. The van der Waals surface area contributed by atoms with Gasteiger partial charge in [0.2, 0.25) is 0 Å². The number of fused-ring (bicyclic) bond motifs is 1. The fraction of sp³-hybridized carbons (Fsp3) is 0.636. The molecule has 0 aromatic carbocycles. The second kappa shape index (κ2) is 9.28. The number of aromatic nitrogens is 2. The van der Waals surface area contributed by atoms with Crippen LogP contribution in [0, 0.1) is 0 Å². The van der Waals surface area contributed by atoms with Crippen molar-refractivity contribution in [3.63, 3.8) is 0 Å². The zero-order valence-corrected chi connectivity index (χ0v) is 19.6. The SMILES string of the molecule is CO[C@H](C)CNc1c[nH]c2ncc(C(F)(F)F)c(N3CCC[C@@H](N(C(=O)O)C(C)(C)C)C3)c12. The number of nitrogens with one attached hydrogen (secondary N) is 2. The zero-order chi connectivity index (χ0) is 24.6. The average molecular weight is 472 g/mol. The molecule has 33 heavy (non-hydrogen) atoms. The maximum atomic E-state index is 14.1. The fourth-order valence-corrected chi connectivity index (χ4v) is 4.45. The Kier molecular flexibility index (Phi) is 7.01. The van der Waals surface area contributed by atoms with Crippen LogP contribution in [0.25, 0.3) is 11.0 Å². The fourth-order valence-electron chi connectivity index (χ4n) is 4.45. The zero-order valence-electron chi connectivity index (χ0n) is 19.6. The van der Waals surface area contributed by atoms with Gasteiger partial charge in [-0.1, -0.05) is 0 Å². The minimum Gasteiger partial charge on any atom is -0.465 e. The Morgan fingerprint density at radius 2 is 2.12 bits per heavy atom. The molecule has 184 valence electrons. The van der Waals surface area contributed by atoms with Gasteiger partial charge in [0.1, 0.15) is 5.65 Å². The van der Waals surface area contributed by atoms with Gasteiger partial charge in [-0.3, -0.25) is 4.90 Å². The molecule has 0 spiro atoms. The van der Waals surface area contributed by atoms with E-state index in [9.17, 15) is 23.1 Å². The maximum Gasteiger partial charge on any atom is 0.419 e. The molecule has 0 saturated carbocycles. The summed E-state index contributed by atoms with van der Waals surface area (Å²) in [4.78, 5) is 22.0. The number of piperidine rings is 1. The molecular formula is C22H32F3N5O3. The number of amides is 1. The summed E-state index contributed by atoms with van der Waals surface area (Å²) in [6, 6.07) is -0.440. The molecular weight excluding hydrogens is 439 g/mol. The Balaban J connectivity index is 2.09. The number of halogens is 3. The molecule has 3 N–H and O–H groups in total. The van der Waals surface area contributed by atoms with Gasteiger partial charge in [0.15, 0.2) is 0 Å². The first kappa shape index (κ1) is 24.9. The highest BCUT2D eigenvalue weighted by Crippen LogP contribution is 2.43. The number of carbonyl (C=O) groups is 1. The van der Waals surface area contributed by atoms with E-state index < -0.39 is 29.4 Å². The third-order valence-corrected chi connectivity index (χ3v) is 5.97. The number of H-pyrrole nitrogens is 1. The van der Waals surface area contributed by atoms with Gasteiger partial charge in [-0.2, -0.15) is 13.2 Å². The van der Waals surface area contributed by atoms with E-state index in [4.69, 9.17) is 4.74 Å². The lowest BCUT2D eigenvalue weighted by molar-refractivity contribution is -0.137. The molecule has 3 heterocycles. The monoisotopic (exact) mass is 471 g/mol. The summed E-state index contributed by atoms with van der Waals surface area (Å²) in [7, 11) is 1.56. The Bertz CT molecular complexity index is 986. The van der Waals surface area contributed by atoms with E-state index in [-0.39, 0.29) is 18.3 Å². The number of ether oxygens (including phenoxy) is 1. The average Bonchev–Trinajstić information content (AvgIpc) is 3.12. The molecule has 1 aliphatic heterocycles. The molecule has 3 rings (SSSR count). The van der Waals surface area contributed by atoms with Crippen LogP contribution >= 0.6 is 0 Å². The van der Waals surface area contributed by atoms with Gasteiger partial charge in [0.25, 0.3) is 0 Å². The Hall–Kier alpha value is -2.69. The van der Waals surface area contributed by atoms with Crippen LogP contribution in [0.2, 0.25) is 0 Å². The van der Waals surface area contributed by atoms with Crippen molar-refractivity contribution in [2.45, 2.75) is 64.4 Å². The number of carboxylic acid groups (broad SMARTS) is 1. The van der Waals surface area contributed by atoms with Crippen molar-refractivity contribution in [1.82, 2.24) is 14.9 Å². The summed E-state index contributed by atoms with van der Waals surface area (Å²) >= 11 is 0. The summed E-state index contributed by atoms with van der Waals surface area (Å²) in [5.41, 5.74) is -0.674. The highest BCUT2D eigenvalue weighted by Gasteiger charge is 2.41. The molecule has 1 fully saturated rings. The molecule has 1 aliphatic rings.